The van der Waals surface area contributed by atoms with Crippen molar-refractivity contribution < 1.29 is 28.8 Å². The maximum atomic E-state index is 12.5. The Balaban J connectivity index is 2.04. The van der Waals surface area contributed by atoms with Crippen molar-refractivity contribution in [1.82, 2.24) is 15.6 Å². The Morgan fingerprint density at radius 1 is 1.36 bits per heavy atom. The molecular formula is C14H15Cl2N5O6S. The van der Waals surface area contributed by atoms with E-state index < -0.39 is 35.8 Å². The molecule has 0 bridgehead atoms. The fourth-order valence-corrected chi connectivity index (χ4v) is 2.92. The van der Waals surface area contributed by atoms with Crippen LogP contribution in [0.1, 0.15) is 5.69 Å². The predicted octanol–water partition coefficient (Wildman–Crippen LogP) is -0.564. The van der Waals surface area contributed by atoms with Crippen LogP contribution in [0.15, 0.2) is 10.5 Å². The van der Waals surface area contributed by atoms with E-state index in [2.05, 4.69) is 30.9 Å². The summed E-state index contributed by atoms with van der Waals surface area (Å²) in [7, 11) is 1.24. The summed E-state index contributed by atoms with van der Waals surface area (Å²) in [5.41, 5.74) is -0.0830. The quantitative estimate of drug-likeness (QED) is 0.150. The molecule has 0 aliphatic carbocycles. The Bertz CT molecular complexity index is 801. The van der Waals surface area contributed by atoms with Gasteiger partial charge in [0.25, 0.3) is 5.91 Å². The van der Waals surface area contributed by atoms with Gasteiger partial charge in [0, 0.05) is 5.38 Å². The minimum absolute atomic E-state index is 0.124. The van der Waals surface area contributed by atoms with Gasteiger partial charge in [0.2, 0.25) is 11.8 Å². The number of carbonyl (C=O) groups excluding carboxylic acids is 4. The number of esters is 1. The molecule has 1 aromatic heterocycles. The molecular weight excluding hydrogens is 437 g/mol. The summed E-state index contributed by atoms with van der Waals surface area (Å²) in [6.45, 7) is -0.149. The summed E-state index contributed by atoms with van der Waals surface area (Å²) in [4.78, 5) is 55.4. The van der Waals surface area contributed by atoms with E-state index in [0.29, 0.717) is 0 Å². The molecule has 3 amide bonds. The molecule has 2 unspecified atom stereocenters. The Morgan fingerprint density at radius 3 is 2.71 bits per heavy atom. The summed E-state index contributed by atoms with van der Waals surface area (Å²) in [6, 6.07) is -1.55. The molecule has 0 spiro atoms. The van der Waals surface area contributed by atoms with E-state index in [1.54, 1.807) is 0 Å². The maximum Gasteiger partial charge on any atom is 0.320 e. The third-order valence-corrected chi connectivity index (χ3v) is 4.56. The molecule has 0 radical (unpaired) electrons. The van der Waals surface area contributed by atoms with Crippen LogP contribution in [-0.4, -0.2) is 71.9 Å². The summed E-state index contributed by atoms with van der Waals surface area (Å²) in [6.07, 6.45) is 0. The van der Waals surface area contributed by atoms with Gasteiger partial charge in [0.05, 0.1) is 6.04 Å². The number of amides is 3. The molecule has 14 heteroatoms. The van der Waals surface area contributed by atoms with Crippen LogP contribution >= 0.6 is 34.5 Å². The number of anilines is 1. The Hall–Kier alpha value is -2.44. The number of carbonyl (C=O) groups is 4. The number of β-lactam (4-membered cyclic amide) rings is 1. The molecule has 152 valence electrons. The number of halogens is 2. The van der Waals surface area contributed by atoms with Crippen molar-refractivity contribution in [3.8, 4) is 0 Å². The topological polar surface area (TPSA) is 148 Å². The van der Waals surface area contributed by atoms with Gasteiger partial charge in [0.1, 0.15) is 37.2 Å². The van der Waals surface area contributed by atoms with Crippen molar-refractivity contribution >= 4 is 69.1 Å². The van der Waals surface area contributed by atoms with Gasteiger partial charge in [0.15, 0.2) is 10.8 Å². The maximum absolute atomic E-state index is 12.5. The lowest BCUT2D eigenvalue weighted by atomic mass is 9.99. The number of hydrogen-bond donors (Lipinski definition) is 3. The molecule has 28 heavy (non-hydrogen) atoms. The standard InChI is InChI=1S/C14H15Cl2N5O6S/c1-26-21-11(7-5-28-14(18-7)19-8(22)2-15)13(25)20-10-6(17-12(10)24)4-27-9(23)3-16/h5-6,10H,2-4H2,1H3,(H,17,24)(H,20,25)(H,18,19,22)/b21-11-. The number of alkyl halides is 2. The van der Waals surface area contributed by atoms with Crippen molar-refractivity contribution in [3.05, 3.63) is 11.1 Å². The third kappa shape index (κ3) is 5.53. The number of ether oxygens (including phenoxy) is 1. The summed E-state index contributed by atoms with van der Waals surface area (Å²) < 4.78 is 4.85. The van der Waals surface area contributed by atoms with Crippen LogP contribution < -0.4 is 16.0 Å². The highest BCUT2D eigenvalue weighted by atomic mass is 35.5. The fourth-order valence-electron chi connectivity index (χ4n) is 2.07. The monoisotopic (exact) mass is 451 g/mol. The van der Waals surface area contributed by atoms with E-state index in [1.165, 1.54) is 12.5 Å². The van der Waals surface area contributed by atoms with E-state index in [9.17, 15) is 19.2 Å². The van der Waals surface area contributed by atoms with Crippen LogP contribution in [0.3, 0.4) is 0 Å². The predicted molar refractivity (Wildman–Crippen MR) is 101 cm³/mol. The lowest BCUT2D eigenvalue weighted by Gasteiger charge is -2.36. The van der Waals surface area contributed by atoms with Crippen LogP contribution in [0, 0.1) is 0 Å². The smallest absolute Gasteiger partial charge is 0.320 e. The summed E-state index contributed by atoms with van der Waals surface area (Å²) in [5.74, 6) is -2.88. The highest BCUT2D eigenvalue weighted by molar-refractivity contribution is 7.14. The Labute approximate surface area is 172 Å². The van der Waals surface area contributed by atoms with Gasteiger partial charge in [-0.05, 0) is 0 Å². The van der Waals surface area contributed by atoms with E-state index in [4.69, 9.17) is 27.9 Å². The molecule has 1 saturated heterocycles. The zero-order chi connectivity index (χ0) is 20.7. The first-order valence-electron chi connectivity index (χ1n) is 7.65. The molecule has 2 atom stereocenters. The summed E-state index contributed by atoms with van der Waals surface area (Å²) in [5, 5.41) is 12.7. The molecule has 1 aliphatic rings. The first-order valence-corrected chi connectivity index (χ1v) is 9.60. The zero-order valence-corrected chi connectivity index (χ0v) is 16.7. The summed E-state index contributed by atoms with van der Waals surface area (Å²) >= 11 is 11.8. The van der Waals surface area contributed by atoms with Gasteiger partial charge >= 0.3 is 5.97 Å². The van der Waals surface area contributed by atoms with Gasteiger partial charge < -0.3 is 25.5 Å². The third-order valence-electron chi connectivity index (χ3n) is 3.34. The molecule has 1 aromatic rings. The highest BCUT2D eigenvalue weighted by Gasteiger charge is 2.42. The minimum Gasteiger partial charge on any atom is -0.463 e. The first-order chi connectivity index (χ1) is 13.4. The lowest BCUT2D eigenvalue weighted by molar-refractivity contribution is -0.146. The second kappa shape index (κ2) is 10.2. The largest absolute Gasteiger partial charge is 0.463 e. The number of thiazole rings is 1. The van der Waals surface area contributed by atoms with E-state index >= 15 is 0 Å². The van der Waals surface area contributed by atoms with E-state index in [1.807, 2.05) is 0 Å². The molecule has 1 aliphatic heterocycles. The molecule has 11 nitrogen and oxygen atoms in total. The normalized spacial score (nSPS) is 18.5. The van der Waals surface area contributed by atoms with E-state index in [0.717, 1.165) is 11.3 Å². The molecule has 0 aromatic carbocycles. The molecule has 1 fully saturated rings. The van der Waals surface area contributed by atoms with E-state index in [-0.39, 0.29) is 34.9 Å². The van der Waals surface area contributed by atoms with Crippen molar-refractivity contribution in [3.63, 3.8) is 0 Å². The Morgan fingerprint density at radius 2 is 2.11 bits per heavy atom. The fraction of sp³-hybridized carbons (Fsp3) is 0.429. The van der Waals surface area contributed by atoms with Crippen LogP contribution in [0.5, 0.6) is 0 Å². The molecule has 0 saturated carbocycles. The van der Waals surface area contributed by atoms with Crippen LogP contribution in [0.4, 0.5) is 5.13 Å². The second-order valence-electron chi connectivity index (χ2n) is 5.23. The molecule has 2 rings (SSSR count). The average Bonchev–Trinajstić information content (AvgIpc) is 3.14. The number of oxime groups is 1. The number of hydrogen-bond acceptors (Lipinski definition) is 9. The zero-order valence-electron chi connectivity index (χ0n) is 14.4. The van der Waals surface area contributed by atoms with Gasteiger partial charge in [-0.1, -0.05) is 5.16 Å². The lowest BCUT2D eigenvalue weighted by Crippen LogP contribution is -2.71. The van der Waals surface area contributed by atoms with Gasteiger partial charge in [-0.3, -0.25) is 19.2 Å². The van der Waals surface area contributed by atoms with Crippen LogP contribution in [0.2, 0.25) is 0 Å². The van der Waals surface area contributed by atoms with Crippen molar-refractivity contribution in [2.45, 2.75) is 12.1 Å². The SMILES string of the molecule is CO/N=C(\C(=O)NC1C(=O)NC1COC(=O)CCl)c1csc(NC(=O)CCl)n1. The molecule has 3 N–H and O–H groups in total. The van der Waals surface area contributed by atoms with Gasteiger partial charge in [-0.2, -0.15) is 0 Å². The number of nitrogens with one attached hydrogen (secondary N) is 3. The van der Waals surface area contributed by atoms with Gasteiger partial charge in [-0.25, -0.2) is 4.98 Å². The van der Waals surface area contributed by atoms with Gasteiger partial charge in [-0.15, -0.1) is 34.5 Å². The Kier molecular flexibility index (Phi) is 7.96. The number of aromatic nitrogens is 1. The number of nitrogens with zero attached hydrogens (tertiary/aromatic N) is 2. The van der Waals surface area contributed by atoms with Crippen LogP contribution in [-0.2, 0) is 28.8 Å². The van der Waals surface area contributed by atoms with Crippen molar-refractivity contribution in [1.29, 1.82) is 0 Å². The highest BCUT2D eigenvalue weighted by Crippen LogP contribution is 2.17. The second-order valence-corrected chi connectivity index (χ2v) is 6.62. The molecule has 2 heterocycles. The minimum atomic E-state index is -0.938. The van der Waals surface area contributed by atoms with Crippen molar-refractivity contribution in [2.24, 2.45) is 5.16 Å². The van der Waals surface area contributed by atoms with Crippen LogP contribution in [0.25, 0.3) is 0 Å². The first kappa shape index (κ1) is 21.9. The average molecular weight is 452 g/mol. The number of rotatable bonds is 9. The van der Waals surface area contributed by atoms with Crippen molar-refractivity contribution in [2.75, 3.05) is 30.8 Å².